The fraction of sp³-hybridized carbons (Fsp3) is 0.211. The topological polar surface area (TPSA) is 141 Å². The molecule has 0 spiro atoms. The Morgan fingerprint density at radius 3 is 2.43 bits per heavy atom. The van der Waals surface area contributed by atoms with Crippen molar-refractivity contribution in [1.82, 2.24) is 15.0 Å². The number of rotatable bonds is 8. The third kappa shape index (κ3) is 4.68. The molecule has 0 unspecified atom stereocenters. The SMILES string of the molecule is Cc1ccc(S(=O)(=O)OCCCn2nnc(C#N)c2-c2ccc([N+](=O)[O-])cc2)cc1. The van der Waals surface area contributed by atoms with E-state index in [1.54, 1.807) is 12.1 Å². The molecule has 0 N–H and O–H groups in total. The molecule has 0 aliphatic rings. The number of aromatic nitrogens is 3. The number of nitro benzene ring substituents is 1. The van der Waals surface area contributed by atoms with Gasteiger partial charge in [0.15, 0.2) is 5.69 Å². The molecule has 30 heavy (non-hydrogen) atoms. The molecular formula is C19H17N5O5S. The molecule has 3 rings (SSSR count). The van der Waals surface area contributed by atoms with Gasteiger partial charge >= 0.3 is 0 Å². The molecule has 154 valence electrons. The van der Waals surface area contributed by atoms with Crippen molar-refractivity contribution < 1.29 is 17.5 Å². The normalized spacial score (nSPS) is 11.2. The van der Waals surface area contributed by atoms with Gasteiger partial charge in [0.1, 0.15) is 11.8 Å². The number of nitrogens with zero attached hydrogens (tertiary/aromatic N) is 5. The monoisotopic (exact) mass is 427 g/mol. The smallest absolute Gasteiger partial charge is 0.266 e. The lowest BCUT2D eigenvalue weighted by Crippen LogP contribution is -2.11. The number of nitriles is 1. The second kappa shape index (κ2) is 8.81. The van der Waals surface area contributed by atoms with Crippen LogP contribution in [0.15, 0.2) is 53.4 Å². The van der Waals surface area contributed by atoms with Gasteiger partial charge in [-0.15, -0.1) is 5.10 Å². The molecule has 0 amide bonds. The summed E-state index contributed by atoms with van der Waals surface area (Å²) in [5.41, 5.74) is 1.86. The van der Waals surface area contributed by atoms with Crippen LogP contribution in [0.5, 0.6) is 0 Å². The van der Waals surface area contributed by atoms with E-state index in [1.165, 1.54) is 41.1 Å². The summed E-state index contributed by atoms with van der Waals surface area (Å²) in [6, 6.07) is 13.9. The zero-order valence-electron chi connectivity index (χ0n) is 15.9. The predicted octanol–water partition coefficient (Wildman–Crippen LogP) is 2.83. The highest BCUT2D eigenvalue weighted by molar-refractivity contribution is 7.86. The fourth-order valence-electron chi connectivity index (χ4n) is 2.73. The minimum atomic E-state index is -3.87. The van der Waals surface area contributed by atoms with Crippen molar-refractivity contribution in [1.29, 1.82) is 5.26 Å². The van der Waals surface area contributed by atoms with Gasteiger partial charge in [0.25, 0.3) is 15.8 Å². The third-order valence-electron chi connectivity index (χ3n) is 4.25. The number of benzene rings is 2. The molecule has 0 fully saturated rings. The van der Waals surface area contributed by atoms with E-state index in [0.717, 1.165) is 5.56 Å². The number of aryl methyl sites for hydroxylation is 2. The first-order chi connectivity index (χ1) is 14.3. The second-order valence-electron chi connectivity index (χ2n) is 6.37. The van der Waals surface area contributed by atoms with E-state index in [1.807, 2.05) is 13.0 Å². The van der Waals surface area contributed by atoms with Crippen molar-refractivity contribution in [3.8, 4) is 17.3 Å². The number of hydrogen-bond acceptors (Lipinski definition) is 8. The van der Waals surface area contributed by atoms with Crippen molar-refractivity contribution in [2.24, 2.45) is 0 Å². The van der Waals surface area contributed by atoms with E-state index >= 15 is 0 Å². The average molecular weight is 427 g/mol. The first-order valence-electron chi connectivity index (χ1n) is 8.86. The van der Waals surface area contributed by atoms with Gasteiger partial charge in [-0.3, -0.25) is 14.3 Å². The van der Waals surface area contributed by atoms with Gasteiger partial charge in [-0.1, -0.05) is 22.9 Å². The van der Waals surface area contributed by atoms with Crippen LogP contribution in [0.3, 0.4) is 0 Å². The number of nitro groups is 1. The lowest BCUT2D eigenvalue weighted by atomic mass is 10.1. The summed E-state index contributed by atoms with van der Waals surface area (Å²) in [4.78, 5) is 10.4. The van der Waals surface area contributed by atoms with Gasteiger partial charge in [-0.25, -0.2) is 4.68 Å². The minimum absolute atomic E-state index is 0.0667. The van der Waals surface area contributed by atoms with Gasteiger partial charge in [-0.05, 0) is 37.6 Å². The average Bonchev–Trinajstić information content (AvgIpc) is 3.14. The lowest BCUT2D eigenvalue weighted by Gasteiger charge is -2.08. The van der Waals surface area contributed by atoms with Crippen LogP contribution in [0, 0.1) is 28.4 Å². The molecule has 10 nitrogen and oxygen atoms in total. The molecular weight excluding hydrogens is 410 g/mol. The Hall–Kier alpha value is -3.62. The van der Waals surface area contributed by atoms with Gasteiger partial charge in [0.05, 0.1) is 16.4 Å². The zero-order valence-corrected chi connectivity index (χ0v) is 16.7. The maximum atomic E-state index is 12.2. The molecule has 0 aliphatic heterocycles. The molecule has 0 bridgehead atoms. The summed E-state index contributed by atoms with van der Waals surface area (Å²) in [6.45, 7) is 2.01. The van der Waals surface area contributed by atoms with Crippen LogP contribution in [0.2, 0.25) is 0 Å². The quantitative estimate of drug-likeness (QED) is 0.231. The summed E-state index contributed by atoms with van der Waals surface area (Å²) in [5, 5.41) is 27.8. The van der Waals surface area contributed by atoms with Gasteiger partial charge in [-0.2, -0.15) is 13.7 Å². The molecule has 0 radical (unpaired) electrons. The first-order valence-corrected chi connectivity index (χ1v) is 10.3. The zero-order chi connectivity index (χ0) is 21.7. The van der Waals surface area contributed by atoms with Crippen LogP contribution < -0.4 is 0 Å². The van der Waals surface area contributed by atoms with Gasteiger partial charge in [0.2, 0.25) is 0 Å². The highest BCUT2D eigenvalue weighted by Gasteiger charge is 2.17. The van der Waals surface area contributed by atoms with Gasteiger partial charge in [0, 0.05) is 24.2 Å². The molecule has 2 aromatic carbocycles. The van der Waals surface area contributed by atoms with E-state index in [4.69, 9.17) is 4.18 Å². The maximum absolute atomic E-state index is 12.2. The maximum Gasteiger partial charge on any atom is 0.296 e. The molecule has 0 saturated carbocycles. The second-order valence-corrected chi connectivity index (χ2v) is 7.98. The molecule has 3 aromatic rings. The fourth-order valence-corrected chi connectivity index (χ4v) is 3.67. The number of non-ortho nitro benzene ring substituents is 1. The van der Waals surface area contributed by atoms with E-state index < -0.39 is 15.0 Å². The predicted molar refractivity (Wildman–Crippen MR) is 106 cm³/mol. The van der Waals surface area contributed by atoms with Crippen molar-refractivity contribution in [2.75, 3.05) is 6.61 Å². The van der Waals surface area contributed by atoms with Gasteiger partial charge < -0.3 is 0 Å². The molecule has 11 heteroatoms. The summed E-state index contributed by atoms with van der Waals surface area (Å²) < 4.78 is 31.0. The van der Waals surface area contributed by atoms with Crippen molar-refractivity contribution in [2.45, 2.75) is 24.8 Å². The van der Waals surface area contributed by atoms with E-state index in [9.17, 15) is 23.8 Å². The van der Waals surface area contributed by atoms with Crippen LogP contribution in [0.4, 0.5) is 5.69 Å². The summed E-state index contributed by atoms with van der Waals surface area (Å²) in [5.74, 6) is 0. The highest BCUT2D eigenvalue weighted by Crippen LogP contribution is 2.24. The Bertz CT molecular complexity index is 1200. The van der Waals surface area contributed by atoms with E-state index in [2.05, 4.69) is 10.3 Å². The summed E-state index contributed by atoms with van der Waals surface area (Å²) in [7, 11) is -3.87. The van der Waals surface area contributed by atoms with E-state index in [-0.39, 0.29) is 29.4 Å². The molecule has 0 saturated heterocycles. The molecule has 1 aromatic heterocycles. The molecule has 0 atom stereocenters. The molecule has 0 aliphatic carbocycles. The minimum Gasteiger partial charge on any atom is -0.266 e. The Labute approximate surface area is 172 Å². The third-order valence-corrected chi connectivity index (χ3v) is 5.58. The van der Waals surface area contributed by atoms with Crippen molar-refractivity contribution in [3.05, 3.63) is 69.9 Å². The first kappa shape index (κ1) is 21.1. The highest BCUT2D eigenvalue weighted by atomic mass is 32.2. The Kier molecular flexibility index (Phi) is 6.20. The summed E-state index contributed by atoms with van der Waals surface area (Å²) >= 11 is 0. The Balaban J connectivity index is 1.69. The van der Waals surface area contributed by atoms with E-state index in [0.29, 0.717) is 17.7 Å². The van der Waals surface area contributed by atoms with Crippen LogP contribution in [-0.4, -0.2) is 34.9 Å². The van der Waals surface area contributed by atoms with Crippen LogP contribution in [-0.2, 0) is 20.8 Å². The number of hydrogen-bond donors (Lipinski definition) is 0. The Morgan fingerprint density at radius 1 is 1.17 bits per heavy atom. The summed E-state index contributed by atoms with van der Waals surface area (Å²) in [6.07, 6.45) is 0.291. The standard InChI is InChI=1S/C19H17N5O5S/c1-14-3-9-17(10-4-14)30(27,28)29-12-2-11-23-19(18(13-20)21-22-23)15-5-7-16(8-6-15)24(25)26/h3-10H,2,11-12H2,1H3. The molecule has 1 heterocycles. The Morgan fingerprint density at radius 2 is 1.83 bits per heavy atom. The lowest BCUT2D eigenvalue weighted by molar-refractivity contribution is -0.384. The largest absolute Gasteiger partial charge is 0.296 e. The van der Waals surface area contributed by atoms with Crippen LogP contribution >= 0.6 is 0 Å². The van der Waals surface area contributed by atoms with Crippen molar-refractivity contribution >= 4 is 15.8 Å². The van der Waals surface area contributed by atoms with Crippen molar-refractivity contribution in [3.63, 3.8) is 0 Å². The van der Waals surface area contributed by atoms with Crippen LogP contribution in [0.25, 0.3) is 11.3 Å². The van der Waals surface area contributed by atoms with Crippen LogP contribution in [0.1, 0.15) is 17.7 Å².